The monoisotopic (exact) mass is 344 g/mol. The molecule has 0 fully saturated rings. The third kappa shape index (κ3) is 4.80. The van der Waals surface area contributed by atoms with E-state index >= 15 is 0 Å². The van der Waals surface area contributed by atoms with Crippen LogP contribution in [0.15, 0.2) is 17.5 Å². The molecular formula is C13H13ClN2O3S2. The second-order valence-electron chi connectivity index (χ2n) is 4.10. The number of ether oxygens (including phenoxy) is 1. The predicted octanol–water partition coefficient (Wildman–Crippen LogP) is 2.75. The van der Waals surface area contributed by atoms with Gasteiger partial charge < -0.3 is 10.1 Å². The fourth-order valence-electron chi connectivity index (χ4n) is 1.56. The molecule has 2 aromatic heterocycles. The Hall–Kier alpha value is -1.44. The van der Waals surface area contributed by atoms with Crippen molar-refractivity contribution in [1.29, 1.82) is 0 Å². The predicted molar refractivity (Wildman–Crippen MR) is 83.8 cm³/mol. The van der Waals surface area contributed by atoms with Crippen molar-refractivity contribution in [2.24, 2.45) is 0 Å². The molecule has 5 nitrogen and oxygen atoms in total. The Balaban J connectivity index is 1.85. The van der Waals surface area contributed by atoms with Crippen LogP contribution >= 0.6 is 34.3 Å². The van der Waals surface area contributed by atoms with Crippen molar-refractivity contribution in [3.05, 3.63) is 27.5 Å². The average Bonchev–Trinajstić information content (AvgIpc) is 3.07. The minimum absolute atomic E-state index is 0.165. The van der Waals surface area contributed by atoms with Gasteiger partial charge in [-0.25, -0.2) is 4.98 Å². The molecule has 112 valence electrons. The van der Waals surface area contributed by atoms with Gasteiger partial charge in [0.25, 0.3) is 0 Å². The number of rotatable bonds is 6. The van der Waals surface area contributed by atoms with Crippen LogP contribution in [0, 0.1) is 0 Å². The average molecular weight is 345 g/mol. The van der Waals surface area contributed by atoms with Gasteiger partial charge in [0.2, 0.25) is 5.91 Å². The van der Waals surface area contributed by atoms with Crippen LogP contribution in [0.4, 0.5) is 0 Å². The number of thiophene rings is 1. The molecule has 0 bridgehead atoms. The molecular weight excluding hydrogens is 332 g/mol. The minimum Gasteiger partial charge on any atom is -0.469 e. The van der Waals surface area contributed by atoms with Gasteiger partial charge in [0.05, 0.1) is 34.9 Å². The molecule has 2 heterocycles. The van der Waals surface area contributed by atoms with E-state index in [2.05, 4.69) is 15.0 Å². The van der Waals surface area contributed by atoms with Crippen LogP contribution in [0.5, 0.6) is 0 Å². The van der Waals surface area contributed by atoms with Crippen LogP contribution in [0.2, 0.25) is 4.34 Å². The van der Waals surface area contributed by atoms with Gasteiger partial charge in [-0.3, -0.25) is 9.59 Å². The lowest BCUT2D eigenvalue weighted by Crippen LogP contribution is -2.27. The summed E-state index contributed by atoms with van der Waals surface area (Å²) in [7, 11) is 1.32. The highest BCUT2D eigenvalue weighted by Crippen LogP contribution is 2.32. The first kappa shape index (κ1) is 15.9. The second kappa shape index (κ2) is 7.53. The summed E-state index contributed by atoms with van der Waals surface area (Å²) < 4.78 is 5.20. The van der Waals surface area contributed by atoms with Crippen molar-refractivity contribution < 1.29 is 14.3 Å². The Morgan fingerprint density at radius 2 is 2.24 bits per heavy atom. The topological polar surface area (TPSA) is 68.3 Å². The molecule has 0 saturated heterocycles. The fourth-order valence-corrected chi connectivity index (χ4v) is 3.50. The molecule has 1 N–H and O–H groups in total. The molecule has 0 aliphatic heterocycles. The third-order valence-corrected chi connectivity index (χ3v) is 4.85. The lowest BCUT2D eigenvalue weighted by atomic mass is 10.3. The molecule has 1 amide bonds. The van der Waals surface area contributed by atoms with Gasteiger partial charge in [0, 0.05) is 11.9 Å². The Labute approximate surface area is 134 Å². The zero-order chi connectivity index (χ0) is 15.2. The number of carbonyl (C=O) groups is 2. The van der Waals surface area contributed by atoms with E-state index in [0.29, 0.717) is 10.0 Å². The van der Waals surface area contributed by atoms with Crippen LogP contribution in [0.25, 0.3) is 9.88 Å². The molecule has 0 aliphatic rings. The number of hydrogen-bond donors (Lipinski definition) is 1. The van der Waals surface area contributed by atoms with Crippen molar-refractivity contribution in [3.8, 4) is 9.88 Å². The van der Waals surface area contributed by atoms with Crippen molar-refractivity contribution in [2.75, 3.05) is 13.7 Å². The van der Waals surface area contributed by atoms with Crippen LogP contribution in [0.3, 0.4) is 0 Å². The number of amides is 1. The maximum absolute atomic E-state index is 11.7. The number of esters is 1. The maximum Gasteiger partial charge on any atom is 0.307 e. The number of nitrogens with one attached hydrogen (secondary N) is 1. The summed E-state index contributed by atoms with van der Waals surface area (Å²) >= 11 is 8.82. The first-order valence-electron chi connectivity index (χ1n) is 6.12. The molecule has 0 saturated carbocycles. The van der Waals surface area contributed by atoms with E-state index in [1.807, 2.05) is 17.5 Å². The number of methoxy groups -OCH3 is 1. The van der Waals surface area contributed by atoms with Gasteiger partial charge in [-0.2, -0.15) is 0 Å². The van der Waals surface area contributed by atoms with Gasteiger partial charge in [0.1, 0.15) is 5.01 Å². The molecule has 2 aromatic rings. The number of aromatic nitrogens is 1. The maximum atomic E-state index is 11.7. The summed E-state index contributed by atoms with van der Waals surface area (Å²) in [6.07, 6.45) is 0.356. The van der Waals surface area contributed by atoms with Gasteiger partial charge >= 0.3 is 5.97 Å². The van der Waals surface area contributed by atoms with Crippen LogP contribution in [-0.2, 0) is 20.7 Å². The Morgan fingerprint density at radius 1 is 1.43 bits per heavy atom. The van der Waals surface area contributed by atoms with E-state index in [9.17, 15) is 9.59 Å². The van der Waals surface area contributed by atoms with Crippen LogP contribution in [-0.4, -0.2) is 30.5 Å². The SMILES string of the molecule is COC(=O)CCNC(=O)Cc1csc(-c2ccc(Cl)s2)n1. The zero-order valence-electron chi connectivity index (χ0n) is 11.2. The van der Waals surface area contributed by atoms with Crippen molar-refractivity contribution in [2.45, 2.75) is 12.8 Å². The van der Waals surface area contributed by atoms with E-state index in [4.69, 9.17) is 11.6 Å². The van der Waals surface area contributed by atoms with Crippen molar-refractivity contribution in [1.82, 2.24) is 10.3 Å². The minimum atomic E-state index is -0.346. The van der Waals surface area contributed by atoms with Crippen molar-refractivity contribution in [3.63, 3.8) is 0 Å². The van der Waals surface area contributed by atoms with E-state index in [1.54, 1.807) is 0 Å². The van der Waals surface area contributed by atoms with E-state index < -0.39 is 0 Å². The quantitative estimate of drug-likeness (QED) is 0.818. The lowest BCUT2D eigenvalue weighted by molar-refractivity contribution is -0.140. The van der Waals surface area contributed by atoms with E-state index in [0.717, 1.165) is 9.88 Å². The molecule has 2 rings (SSSR count). The second-order valence-corrected chi connectivity index (χ2v) is 6.67. The van der Waals surface area contributed by atoms with Crippen LogP contribution < -0.4 is 5.32 Å². The molecule has 0 atom stereocenters. The molecule has 0 aromatic carbocycles. The van der Waals surface area contributed by atoms with Crippen molar-refractivity contribution >= 4 is 46.2 Å². The number of hydrogen-bond acceptors (Lipinski definition) is 6. The largest absolute Gasteiger partial charge is 0.469 e. The molecule has 0 aliphatic carbocycles. The lowest BCUT2D eigenvalue weighted by Gasteiger charge is -2.02. The summed E-state index contributed by atoms with van der Waals surface area (Å²) in [5.74, 6) is -0.513. The highest BCUT2D eigenvalue weighted by molar-refractivity contribution is 7.23. The highest BCUT2D eigenvalue weighted by Gasteiger charge is 2.11. The van der Waals surface area contributed by atoms with Gasteiger partial charge in [-0.1, -0.05) is 11.6 Å². The number of nitrogens with zero attached hydrogens (tertiary/aromatic N) is 1. The molecule has 0 radical (unpaired) electrons. The summed E-state index contributed by atoms with van der Waals surface area (Å²) in [4.78, 5) is 28.0. The number of halogens is 1. The standard InChI is InChI=1S/C13H13ClN2O3S2/c1-19-12(18)4-5-15-11(17)6-8-7-20-13(16-8)9-2-3-10(14)21-9/h2-3,7H,4-6H2,1H3,(H,15,17). The molecule has 8 heteroatoms. The summed E-state index contributed by atoms with van der Waals surface area (Å²) in [6.45, 7) is 0.267. The summed E-state index contributed by atoms with van der Waals surface area (Å²) in [5, 5.41) is 5.36. The van der Waals surface area contributed by atoms with Gasteiger partial charge in [-0.15, -0.1) is 22.7 Å². The van der Waals surface area contributed by atoms with E-state index in [-0.39, 0.29) is 31.3 Å². The first-order chi connectivity index (χ1) is 10.1. The Kier molecular flexibility index (Phi) is 5.72. The van der Waals surface area contributed by atoms with Crippen LogP contribution in [0.1, 0.15) is 12.1 Å². The zero-order valence-corrected chi connectivity index (χ0v) is 13.6. The summed E-state index contributed by atoms with van der Waals surface area (Å²) in [5.41, 5.74) is 0.704. The molecule has 0 unspecified atom stereocenters. The summed E-state index contributed by atoms with van der Waals surface area (Å²) in [6, 6.07) is 3.73. The Bertz CT molecular complexity index is 639. The first-order valence-corrected chi connectivity index (χ1v) is 8.19. The fraction of sp³-hybridized carbons (Fsp3) is 0.308. The van der Waals surface area contributed by atoms with Gasteiger partial charge in [-0.05, 0) is 12.1 Å². The molecule has 0 spiro atoms. The normalized spacial score (nSPS) is 10.4. The van der Waals surface area contributed by atoms with Gasteiger partial charge in [0.15, 0.2) is 0 Å². The van der Waals surface area contributed by atoms with E-state index in [1.165, 1.54) is 29.8 Å². The smallest absolute Gasteiger partial charge is 0.307 e. The Morgan fingerprint density at radius 3 is 2.90 bits per heavy atom. The molecule has 21 heavy (non-hydrogen) atoms. The third-order valence-electron chi connectivity index (χ3n) is 2.56. The highest BCUT2D eigenvalue weighted by atomic mass is 35.5. The number of thiazole rings is 1. The number of carbonyl (C=O) groups excluding carboxylic acids is 2.